The fourth-order valence-electron chi connectivity index (χ4n) is 2.38. The molecule has 2 atom stereocenters. The lowest BCUT2D eigenvalue weighted by Crippen LogP contribution is -2.58. The van der Waals surface area contributed by atoms with Crippen LogP contribution in [0.2, 0.25) is 0 Å². The lowest BCUT2D eigenvalue weighted by molar-refractivity contribution is -0.238. The third kappa shape index (κ3) is 2.35. The average molecular weight is 246 g/mol. The molecule has 4 heteroatoms. The molecule has 1 heterocycles. The first-order valence-electron chi connectivity index (χ1n) is 6.10. The van der Waals surface area contributed by atoms with Gasteiger partial charge in [-0.15, -0.1) is 11.6 Å². The van der Waals surface area contributed by atoms with Gasteiger partial charge in [0.2, 0.25) is 0 Å². The predicted octanol–water partition coefficient (Wildman–Crippen LogP) is 2.58. The van der Waals surface area contributed by atoms with Crippen LogP contribution >= 0.6 is 11.6 Å². The molecule has 2 rings (SSSR count). The van der Waals surface area contributed by atoms with Crippen LogP contribution in [0, 0.1) is 11.3 Å². The first kappa shape index (κ1) is 12.2. The molecule has 0 bridgehead atoms. The Balaban J connectivity index is 1.74. The molecule has 0 aromatic rings. The summed E-state index contributed by atoms with van der Waals surface area (Å²) in [6.45, 7) is 5.18. The van der Waals surface area contributed by atoms with Crippen LogP contribution in [0.15, 0.2) is 0 Å². The summed E-state index contributed by atoms with van der Waals surface area (Å²) < 4.78 is 0. The van der Waals surface area contributed by atoms with E-state index in [1.807, 2.05) is 13.8 Å². The number of nitrogens with zero attached hydrogens (tertiary/aromatic N) is 1. The molecule has 2 fully saturated rings. The van der Waals surface area contributed by atoms with Gasteiger partial charge in [0.25, 0.3) is 5.91 Å². The maximum Gasteiger partial charge on any atom is 0.253 e. The number of hydrogen-bond acceptors (Lipinski definition) is 2. The van der Waals surface area contributed by atoms with E-state index in [4.69, 9.17) is 16.4 Å². The van der Waals surface area contributed by atoms with Gasteiger partial charge in [-0.25, -0.2) is 5.06 Å². The van der Waals surface area contributed by atoms with E-state index in [0.29, 0.717) is 19.1 Å². The number of alkyl halides is 1. The van der Waals surface area contributed by atoms with Gasteiger partial charge < -0.3 is 0 Å². The summed E-state index contributed by atoms with van der Waals surface area (Å²) in [5, 5.41) is 1.70. The molecule has 3 nitrogen and oxygen atoms in total. The number of amides is 1. The summed E-state index contributed by atoms with van der Waals surface area (Å²) >= 11 is 6.24. The van der Waals surface area contributed by atoms with Crippen LogP contribution < -0.4 is 0 Å². The van der Waals surface area contributed by atoms with Crippen molar-refractivity contribution in [3.63, 3.8) is 0 Å². The van der Waals surface area contributed by atoms with E-state index in [0.717, 1.165) is 12.8 Å². The van der Waals surface area contributed by atoms with Gasteiger partial charge in [-0.05, 0) is 26.7 Å². The molecule has 0 aromatic carbocycles. The molecule has 0 radical (unpaired) electrons. The lowest BCUT2D eigenvalue weighted by Gasteiger charge is -2.43. The summed E-state index contributed by atoms with van der Waals surface area (Å²) in [7, 11) is 0. The molecule has 1 saturated heterocycles. The van der Waals surface area contributed by atoms with Gasteiger partial charge in [0.15, 0.2) is 0 Å². The Morgan fingerprint density at radius 1 is 1.44 bits per heavy atom. The number of rotatable bonds is 3. The van der Waals surface area contributed by atoms with Crippen LogP contribution in [0.1, 0.15) is 39.5 Å². The van der Waals surface area contributed by atoms with Crippen LogP contribution in [0.5, 0.6) is 0 Å². The molecule has 2 aliphatic rings. The molecule has 0 spiro atoms. The van der Waals surface area contributed by atoms with Crippen molar-refractivity contribution < 1.29 is 9.63 Å². The maximum absolute atomic E-state index is 11.6. The second-order valence-electron chi connectivity index (χ2n) is 5.58. The van der Waals surface area contributed by atoms with Gasteiger partial charge in [-0.1, -0.05) is 12.8 Å². The van der Waals surface area contributed by atoms with Crippen LogP contribution in [0.4, 0.5) is 0 Å². The van der Waals surface area contributed by atoms with E-state index in [1.54, 1.807) is 0 Å². The monoisotopic (exact) mass is 245 g/mol. The fourth-order valence-corrected chi connectivity index (χ4v) is 2.74. The summed E-state index contributed by atoms with van der Waals surface area (Å²) in [5.41, 5.74) is -0.229. The molecule has 1 aliphatic heterocycles. The Kier molecular flexibility index (Phi) is 3.45. The third-order valence-corrected chi connectivity index (χ3v) is 4.18. The summed E-state index contributed by atoms with van der Waals surface area (Å²) in [5.74, 6) is 0.501. The van der Waals surface area contributed by atoms with Crippen molar-refractivity contribution in [2.45, 2.75) is 44.9 Å². The highest BCUT2D eigenvalue weighted by atomic mass is 35.5. The Labute approximate surface area is 102 Å². The maximum atomic E-state index is 11.6. The van der Waals surface area contributed by atoms with Gasteiger partial charge in [-0.2, -0.15) is 0 Å². The highest BCUT2D eigenvalue weighted by Crippen LogP contribution is 2.33. The van der Waals surface area contributed by atoms with E-state index >= 15 is 0 Å². The quantitative estimate of drug-likeness (QED) is 0.565. The molecular formula is C12H20ClNO2. The van der Waals surface area contributed by atoms with Crippen LogP contribution in [0.25, 0.3) is 0 Å². The van der Waals surface area contributed by atoms with Gasteiger partial charge >= 0.3 is 0 Å². The largest absolute Gasteiger partial charge is 0.272 e. The predicted molar refractivity (Wildman–Crippen MR) is 63.0 cm³/mol. The summed E-state index contributed by atoms with van der Waals surface area (Å²) in [6.07, 6.45) is 4.66. The van der Waals surface area contributed by atoms with Crippen molar-refractivity contribution in [1.29, 1.82) is 0 Å². The smallest absolute Gasteiger partial charge is 0.253 e. The van der Waals surface area contributed by atoms with Gasteiger partial charge in [0.05, 0.1) is 18.6 Å². The van der Waals surface area contributed by atoms with Crippen molar-refractivity contribution in [2.24, 2.45) is 11.3 Å². The average Bonchev–Trinajstić information content (AvgIpc) is 2.25. The molecule has 92 valence electrons. The molecule has 2 unspecified atom stereocenters. The second-order valence-corrected chi connectivity index (χ2v) is 6.14. The molecular weight excluding hydrogens is 226 g/mol. The summed E-state index contributed by atoms with van der Waals surface area (Å²) in [6, 6.07) is 0. The molecule has 1 amide bonds. The van der Waals surface area contributed by atoms with Gasteiger partial charge in [0.1, 0.15) is 0 Å². The highest BCUT2D eigenvalue weighted by Gasteiger charge is 2.45. The van der Waals surface area contributed by atoms with Gasteiger partial charge in [-0.3, -0.25) is 9.63 Å². The topological polar surface area (TPSA) is 29.5 Å². The second kappa shape index (κ2) is 4.53. The number of halogens is 1. The van der Waals surface area contributed by atoms with E-state index in [9.17, 15) is 4.79 Å². The number of carbonyl (C=O) groups excluding carboxylic acids is 1. The SMILES string of the molecule is CC1(C)CN(OCC2CCCCC2Cl)C1=O. The first-order chi connectivity index (χ1) is 7.50. The van der Waals surface area contributed by atoms with Crippen LogP contribution in [-0.2, 0) is 9.63 Å². The highest BCUT2D eigenvalue weighted by molar-refractivity contribution is 6.20. The zero-order valence-corrected chi connectivity index (χ0v) is 10.8. The summed E-state index contributed by atoms with van der Waals surface area (Å²) in [4.78, 5) is 17.1. The van der Waals surface area contributed by atoms with Crippen LogP contribution in [-0.4, -0.2) is 29.5 Å². The normalized spacial score (nSPS) is 33.7. The van der Waals surface area contributed by atoms with Crippen molar-refractivity contribution in [1.82, 2.24) is 5.06 Å². The lowest BCUT2D eigenvalue weighted by atomic mass is 9.85. The Morgan fingerprint density at radius 2 is 2.12 bits per heavy atom. The molecule has 0 aromatic heterocycles. The standard InChI is InChI=1S/C12H20ClNO2/c1-12(2)8-14(11(12)15)16-7-9-5-3-4-6-10(9)13/h9-10H,3-8H2,1-2H3. The number of hydrogen-bond donors (Lipinski definition) is 0. The Morgan fingerprint density at radius 3 is 2.69 bits per heavy atom. The van der Waals surface area contributed by atoms with Crippen molar-refractivity contribution >= 4 is 17.5 Å². The van der Waals surface area contributed by atoms with E-state index in [1.165, 1.54) is 17.9 Å². The van der Waals surface area contributed by atoms with Crippen molar-refractivity contribution in [3.8, 4) is 0 Å². The van der Waals surface area contributed by atoms with Crippen molar-refractivity contribution in [2.75, 3.05) is 13.2 Å². The first-order valence-corrected chi connectivity index (χ1v) is 6.53. The minimum absolute atomic E-state index is 0.0921. The Bertz CT molecular complexity index is 280. The zero-order valence-electron chi connectivity index (χ0n) is 10.0. The van der Waals surface area contributed by atoms with Gasteiger partial charge in [0, 0.05) is 11.3 Å². The third-order valence-electron chi connectivity index (χ3n) is 3.61. The minimum Gasteiger partial charge on any atom is -0.272 e. The minimum atomic E-state index is -0.229. The molecule has 16 heavy (non-hydrogen) atoms. The zero-order chi connectivity index (χ0) is 11.8. The van der Waals surface area contributed by atoms with E-state index < -0.39 is 0 Å². The Hall–Kier alpha value is -0.280. The van der Waals surface area contributed by atoms with Crippen LogP contribution in [0.3, 0.4) is 0 Å². The number of hydroxylamine groups is 2. The molecule has 1 aliphatic carbocycles. The van der Waals surface area contributed by atoms with E-state index in [2.05, 4.69) is 0 Å². The fraction of sp³-hybridized carbons (Fsp3) is 0.917. The number of β-lactam (4-membered cyclic amide) rings is 1. The van der Waals surface area contributed by atoms with E-state index in [-0.39, 0.29) is 16.7 Å². The number of carbonyl (C=O) groups is 1. The van der Waals surface area contributed by atoms with Crippen molar-refractivity contribution in [3.05, 3.63) is 0 Å². The molecule has 1 saturated carbocycles. The molecule has 0 N–H and O–H groups in total.